The normalized spacial score (nSPS) is 19.5. The minimum absolute atomic E-state index is 0.286. The van der Waals surface area contributed by atoms with Crippen LogP contribution in [-0.4, -0.2) is 50.7 Å². The minimum Gasteiger partial charge on any atom is -0.496 e. The van der Waals surface area contributed by atoms with Crippen molar-refractivity contribution in [3.05, 3.63) is 53.7 Å². The lowest BCUT2D eigenvalue weighted by atomic mass is 10.0. The van der Waals surface area contributed by atoms with Gasteiger partial charge in [-0.1, -0.05) is 12.1 Å². The SMILES string of the molecule is COc1ccc2ccc(-c3nnc4ccc(CN5CCC(N)C5)cn34)nc2c1C1CC1. The third-order valence-corrected chi connectivity index (χ3v) is 6.47. The van der Waals surface area contributed by atoms with Gasteiger partial charge in [-0.15, -0.1) is 10.2 Å². The first-order valence-electron chi connectivity index (χ1n) is 11.0. The summed E-state index contributed by atoms with van der Waals surface area (Å²) < 4.78 is 7.71. The lowest BCUT2D eigenvalue weighted by Gasteiger charge is -2.15. The highest BCUT2D eigenvalue weighted by Crippen LogP contribution is 2.47. The molecule has 0 amide bonds. The van der Waals surface area contributed by atoms with E-state index in [9.17, 15) is 0 Å². The number of pyridine rings is 2. The van der Waals surface area contributed by atoms with Gasteiger partial charge < -0.3 is 10.5 Å². The number of hydrogen-bond acceptors (Lipinski definition) is 6. The molecule has 1 saturated heterocycles. The summed E-state index contributed by atoms with van der Waals surface area (Å²) in [4.78, 5) is 7.45. The van der Waals surface area contributed by atoms with Gasteiger partial charge in [0.15, 0.2) is 11.5 Å². The molecule has 3 aromatic heterocycles. The predicted molar refractivity (Wildman–Crippen MR) is 120 cm³/mol. The number of methoxy groups -OCH3 is 1. The monoisotopic (exact) mass is 414 g/mol. The molecular weight excluding hydrogens is 388 g/mol. The summed E-state index contributed by atoms with van der Waals surface area (Å²) in [6.07, 6.45) is 5.58. The van der Waals surface area contributed by atoms with Gasteiger partial charge in [0.1, 0.15) is 11.4 Å². The molecule has 1 unspecified atom stereocenters. The van der Waals surface area contributed by atoms with Crippen LogP contribution in [0.5, 0.6) is 5.75 Å². The van der Waals surface area contributed by atoms with Crippen LogP contribution in [0.1, 0.15) is 36.3 Å². The molecule has 6 rings (SSSR count). The summed E-state index contributed by atoms with van der Waals surface area (Å²) in [5, 5.41) is 9.98. The average Bonchev–Trinajstić information content (AvgIpc) is 3.41. The Kier molecular flexibility index (Phi) is 4.40. The third-order valence-electron chi connectivity index (χ3n) is 6.47. The standard InChI is InChI=1S/C24H26N6O/c1-31-20-8-6-17-5-7-19(26-23(17)22(20)16-3-4-16)24-28-27-21-9-2-15(13-30(21)24)12-29-11-10-18(25)14-29/h2,5-9,13,16,18H,3-4,10-12,14,25H2,1H3. The molecular formula is C24H26N6O. The number of fused-ring (bicyclic) bond motifs is 2. The van der Waals surface area contributed by atoms with Gasteiger partial charge in [-0.3, -0.25) is 9.30 Å². The molecule has 1 saturated carbocycles. The van der Waals surface area contributed by atoms with Crippen molar-refractivity contribution in [1.29, 1.82) is 0 Å². The fourth-order valence-corrected chi connectivity index (χ4v) is 4.73. The lowest BCUT2D eigenvalue weighted by molar-refractivity contribution is 0.326. The van der Waals surface area contributed by atoms with Crippen LogP contribution in [0.4, 0.5) is 0 Å². The van der Waals surface area contributed by atoms with E-state index in [1.807, 2.05) is 12.1 Å². The first-order chi connectivity index (χ1) is 15.2. The molecule has 1 aliphatic heterocycles. The first-order valence-corrected chi connectivity index (χ1v) is 11.0. The second-order valence-electron chi connectivity index (χ2n) is 8.80. The van der Waals surface area contributed by atoms with E-state index >= 15 is 0 Å². The number of aromatic nitrogens is 4. The minimum atomic E-state index is 0.286. The smallest absolute Gasteiger partial charge is 0.187 e. The van der Waals surface area contributed by atoms with Gasteiger partial charge in [-0.25, -0.2) is 4.98 Å². The van der Waals surface area contributed by atoms with Crippen LogP contribution in [0.15, 0.2) is 42.6 Å². The molecule has 1 atom stereocenters. The van der Waals surface area contributed by atoms with E-state index < -0.39 is 0 Å². The molecule has 2 N–H and O–H groups in total. The Hall–Kier alpha value is -3.03. The summed E-state index contributed by atoms with van der Waals surface area (Å²) in [5.41, 5.74) is 11.2. The van der Waals surface area contributed by atoms with Crippen LogP contribution in [0.2, 0.25) is 0 Å². The second kappa shape index (κ2) is 7.28. The molecule has 4 aromatic rings. The molecule has 1 aliphatic carbocycles. The highest BCUT2D eigenvalue weighted by atomic mass is 16.5. The summed E-state index contributed by atoms with van der Waals surface area (Å²) >= 11 is 0. The van der Waals surface area contributed by atoms with E-state index in [4.69, 9.17) is 15.5 Å². The maximum atomic E-state index is 6.07. The van der Waals surface area contributed by atoms with Crippen LogP contribution in [0, 0.1) is 0 Å². The van der Waals surface area contributed by atoms with Crippen molar-refractivity contribution in [1.82, 2.24) is 24.5 Å². The number of nitrogens with zero attached hydrogens (tertiary/aromatic N) is 5. The third kappa shape index (κ3) is 3.34. The molecule has 2 aliphatic rings. The summed E-state index contributed by atoms with van der Waals surface area (Å²) in [6, 6.07) is 12.7. The average molecular weight is 415 g/mol. The van der Waals surface area contributed by atoms with Gasteiger partial charge in [0.25, 0.3) is 0 Å². The maximum absolute atomic E-state index is 6.07. The molecule has 31 heavy (non-hydrogen) atoms. The number of nitrogens with two attached hydrogens (primary N) is 1. The highest BCUT2D eigenvalue weighted by Gasteiger charge is 2.29. The van der Waals surface area contributed by atoms with Crippen molar-refractivity contribution in [2.24, 2.45) is 5.73 Å². The molecule has 158 valence electrons. The quantitative estimate of drug-likeness (QED) is 0.539. The lowest BCUT2D eigenvalue weighted by Crippen LogP contribution is -2.26. The van der Waals surface area contributed by atoms with Crippen molar-refractivity contribution >= 4 is 16.6 Å². The van der Waals surface area contributed by atoms with Crippen LogP contribution in [0.3, 0.4) is 0 Å². The second-order valence-corrected chi connectivity index (χ2v) is 8.80. The molecule has 0 bridgehead atoms. The highest BCUT2D eigenvalue weighted by molar-refractivity contribution is 5.87. The zero-order valence-electron chi connectivity index (χ0n) is 17.7. The number of rotatable bonds is 5. The van der Waals surface area contributed by atoms with E-state index in [2.05, 4.69) is 50.0 Å². The van der Waals surface area contributed by atoms with Crippen molar-refractivity contribution in [3.63, 3.8) is 0 Å². The number of hydrogen-bond donors (Lipinski definition) is 1. The van der Waals surface area contributed by atoms with Gasteiger partial charge in [-0.2, -0.15) is 0 Å². The molecule has 2 fully saturated rings. The first kappa shape index (κ1) is 18.7. The van der Waals surface area contributed by atoms with Gasteiger partial charge >= 0.3 is 0 Å². The Bertz CT molecular complexity index is 1280. The molecule has 4 heterocycles. The van der Waals surface area contributed by atoms with Crippen molar-refractivity contribution in [2.75, 3.05) is 20.2 Å². The Balaban J connectivity index is 1.42. The van der Waals surface area contributed by atoms with E-state index in [0.29, 0.717) is 5.92 Å². The largest absolute Gasteiger partial charge is 0.496 e. The van der Waals surface area contributed by atoms with Gasteiger partial charge in [0.05, 0.1) is 12.6 Å². The number of likely N-dealkylation sites (tertiary alicyclic amines) is 1. The van der Waals surface area contributed by atoms with Gasteiger partial charge in [0.2, 0.25) is 0 Å². The van der Waals surface area contributed by atoms with Crippen LogP contribution < -0.4 is 10.5 Å². The molecule has 0 spiro atoms. The number of ether oxygens (including phenoxy) is 1. The fourth-order valence-electron chi connectivity index (χ4n) is 4.73. The Morgan fingerprint density at radius 2 is 1.94 bits per heavy atom. The fraction of sp³-hybridized carbons (Fsp3) is 0.375. The molecule has 7 heteroatoms. The molecule has 0 radical (unpaired) electrons. The zero-order valence-corrected chi connectivity index (χ0v) is 17.7. The van der Waals surface area contributed by atoms with Crippen molar-refractivity contribution in [3.8, 4) is 17.3 Å². The maximum Gasteiger partial charge on any atom is 0.187 e. The topological polar surface area (TPSA) is 81.6 Å². The Labute approximate surface area is 180 Å². The number of benzene rings is 1. The Morgan fingerprint density at radius 3 is 2.71 bits per heavy atom. The van der Waals surface area contributed by atoms with Crippen molar-refractivity contribution in [2.45, 2.75) is 37.8 Å². The van der Waals surface area contributed by atoms with Gasteiger partial charge in [0, 0.05) is 42.8 Å². The van der Waals surface area contributed by atoms with E-state index in [0.717, 1.165) is 59.9 Å². The van der Waals surface area contributed by atoms with E-state index in [1.54, 1.807) is 7.11 Å². The zero-order chi connectivity index (χ0) is 20.9. The van der Waals surface area contributed by atoms with Crippen LogP contribution >= 0.6 is 0 Å². The van der Waals surface area contributed by atoms with Crippen LogP contribution in [-0.2, 0) is 6.54 Å². The Morgan fingerprint density at radius 1 is 1.06 bits per heavy atom. The predicted octanol–water partition coefficient (Wildman–Crippen LogP) is 3.36. The van der Waals surface area contributed by atoms with Crippen LogP contribution in [0.25, 0.3) is 28.1 Å². The van der Waals surface area contributed by atoms with Gasteiger partial charge in [-0.05, 0) is 55.0 Å². The summed E-state index contributed by atoms with van der Waals surface area (Å²) in [5.74, 6) is 2.23. The van der Waals surface area contributed by atoms with E-state index in [-0.39, 0.29) is 6.04 Å². The van der Waals surface area contributed by atoms with Crippen molar-refractivity contribution < 1.29 is 4.74 Å². The summed E-state index contributed by atoms with van der Waals surface area (Å²) in [6.45, 7) is 2.88. The molecule has 1 aromatic carbocycles. The molecule has 7 nitrogen and oxygen atoms in total. The van der Waals surface area contributed by atoms with E-state index in [1.165, 1.54) is 24.0 Å². The summed E-state index contributed by atoms with van der Waals surface area (Å²) in [7, 11) is 1.73.